The molecule has 0 saturated carbocycles. The lowest BCUT2D eigenvalue weighted by Crippen LogP contribution is -2.18. The Morgan fingerprint density at radius 1 is 1.00 bits per heavy atom. The summed E-state index contributed by atoms with van der Waals surface area (Å²) in [5.41, 5.74) is 2.21. The van der Waals surface area contributed by atoms with Gasteiger partial charge in [0.25, 0.3) is 0 Å². The van der Waals surface area contributed by atoms with Gasteiger partial charge in [0, 0.05) is 18.0 Å². The molecule has 3 nitrogen and oxygen atoms in total. The quantitative estimate of drug-likeness (QED) is 0.920. The van der Waals surface area contributed by atoms with Crippen molar-refractivity contribution in [2.45, 2.75) is 24.3 Å². The van der Waals surface area contributed by atoms with Crippen LogP contribution in [0.1, 0.15) is 12.5 Å². The van der Waals surface area contributed by atoms with Crippen LogP contribution in [0.25, 0.3) is 0 Å². The maximum Gasteiger partial charge on any atom is 0.175 e. The fourth-order valence-corrected chi connectivity index (χ4v) is 2.73. The maximum atomic E-state index is 11.4. The molecule has 0 aromatic heterocycles. The van der Waals surface area contributed by atoms with Crippen LogP contribution in [-0.2, 0) is 16.3 Å². The minimum absolute atomic E-state index is 0.279. The minimum Gasteiger partial charge on any atom is -0.382 e. The predicted octanol–water partition coefficient (Wildman–Crippen LogP) is 3.13. The molecule has 0 heterocycles. The van der Waals surface area contributed by atoms with Crippen molar-refractivity contribution in [1.29, 1.82) is 0 Å². The molecule has 0 spiro atoms. The van der Waals surface area contributed by atoms with E-state index in [9.17, 15) is 8.42 Å². The lowest BCUT2D eigenvalue weighted by Gasteiger charge is -2.15. The second-order valence-electron chi connectivity index (χ2n) is 5.03. The van der Waals surface area contributed by atoms with E-state index in [-0.39, 0.29) is 6.04 Å². The molecule has 0 aliphatic heterocycles. The molecular formula is C16H19NO2S. The molecule has 0 radical (unpaired) electrons. The van der Waals surface area contributed by atoms with Crippen LogP contribution in [0.5, 0.6) is 0 Å². The molecule has 0 aliphatic carbocycles. The average Bonchev–Trinajstić information content (AvgIpc) is 2.39. The summed E-state index contributed by atoms with van der Waals surface area (Å²) in [6.45, 7) is 2.11. The maximum absolute atomic E-state index is 11.4. The summed E-state index contributed by atoms with van der Waals surface area (Å²) >= 11 is 0. The van der Waals surface area contributed by atoms with Crippen molar-refractivity contribution in [1.82, 2.24) is 0 Å². The van der Waals surface area contributed by atoms with E-state index in [1.165, 1.54) is 11.8 Å². The van der Waals surface area contributed by atoms with Crippen LogP contribution in [0.4, 0.5) is 5.69 Å². The Kier molecular flexibility index (Phi) is 4.45. The van der Waals surface area contributed by atoms with Gasteiger partial charge in [-0.25, -0.2) is 8.42 Å². The number of rotatable bonds is 5. The summed E-state index contributed by atoms with van der Waals surface area (Å²) < 4.78 is 22.8. The highest BCUT2D eigenvalue weighted by molar-refractivity contribution is 7.90. The second kappa shape index (κ2) is 6.09. The largest absolute Gasteiger partial charge is 0.382 e. The molecule has 1 atom stereocenters. The van der Waals surface area contributed by atoms with Crippen molar-refractivity contribution < 1.29 is 8.42 Å². The Morgan fingerprint density at radius 3 is 2.15 bits per heavy atom. The standard InChI is InChI=1S/C16H19NO2S/c1-13(12-14-6-4-3-5-7-14)17-15-8-10-16(11-9-15)20(2,18)19/h3-11,13,17H,12H2,1-2H3. The number of hydrogen-bond donors (Lipinski definition) is 1. The molecule has 4 heteroatoms. The first kappa shape index (κ1) is 14.6. The van der Waals surface area contributed by atoms with E-state index in [4.69, 9.17) is 0 Å². The molecule has 106 valence electrons. The average molecular weight is 289 g/mol. The third-order valence-corrected chi connectivity index (χ3v) is 4.21. The SMILES string of the molecule is CC(Cc1ccccc1)Nc1ccc(S(C)(=O)=O)cc1. The van der Waals surface area contributed by atoms with Crippen LogP contribution in [0.15, 0.2) is 59.5 Å². The van der Waals surface area contributed by atoms with Gasteiger partial charge in [-0.15, -0.1) is 0 Å². The van der Waals surface area contributed by atoms with E-state index in [1.54, 1.807) is 24.3 Å². The number of anilines is 1. The Morgan fingerprint density at radius 2 is 1.60 bits per heavy atom. The topological polar surface area (TPSA) is 46.2 Å². The molecule has 20 heavy (non-hydrogen) atoms. The monoisotopic (exact) mass is 289 g/mol. The Labute approximate surface area is 120 Å². The summed E-state index contributed by atoms with van der Waals surface area (Å²) in [5, 5.41) is 3.37. The van der Waals surface area contributed by atoms with E-state index in [1.807, 2.05) is 18.2 Å². The summed E-state index contributed by atoms with van der Waals surface area (Å²) in [6.07, 6.45) is 2.14. The van der Waals surface area contributed by atoms with Gasteiger partial charge in [0.05, 0.1) is 4.90 Å². The predicted molar refractivity (Wildman–Crippen MR) is 82.8 cm³/mol. The van der Waals surface area contributed by atoms with Gasteiger partial charge < -0.3 is 5.32 Å². The third-order valence-electron chi connectivity index (χ3n) is 3.08. The Hall–Kier alpha value is -1.81. The van der Waals surface area contributed by atoms with Crippen LogP contribution in [0, 0.1) is 0 Å². The Bertz CT molecular complexity index is 649. The zero-order chi connectivity index (χ0) is 14.6. The third kappa shape index (κ3) is 4.10. The zero-order valence-corrected chi connectivity index (χ0v) is 12.5. The highest BCUT2D eigenvalue weighted by Gasteiger charge is 2.07. The van der Waals surface area contributed by atoms with Gasteiger partial charge in [-0.3, -0.25) is 0 Å². The number of sulfone groups is 1. The molecule has 2 aromatic rings. The fourth-order valence-electron chi connectivity index (χ4n) is 2.10. The van der Waals surface area contributed by atoms with Crippen LogP contribution in [0.3, 0.4) is 0 Å². The molecule has 0 fully saturated rings. The molecular weight excluding hydrogens is 270 g/mol. The van der Waals surface area contributed by atoms with Gasteiger partial charge in [-0.2, -0.15) is 0 Å². The van der Waals surface area contributed by atoms with Gasteiger partial charge >= 0.3 is 0 Å². The van der Waals surface area contributed by atoms with Crippen molar-refractivity contribution in [2.75, 3.05) is 11.6 Å². The first-order valence-corrected chi connectivity index (χ1v) is 8.45. The molecule has 1 N–H and O–H groups in total. The molecule has 2 rings (SSSR count). The summed E-state index contributed by atoms with van der Waals surface area (Å²) in [7, 11) is -3.12. The normalized spacial score (nSPS) is 12.9. The van der Waals surface area contributed by atoms with E-state index in [2.05, 4.69) is 24.4 Å². The van der Waals surface area contributed by atoms with Crippen molar-refractivity contribution in [3.8, 4) is 0 Å². The zero-order valence-electron chi connectivity index (χ0n) is 11.7. The number of nitrogens with one attached hydrogen (secondary N) is 1. The van der Waals surface area contributed by atoms with Gasteiger partial charge in [0.1, 0.15) is 0 Å². The molecule has 2 aromatic carbocycles. The second-order valence-corrected chi connectivity index (χ2v) is 7.05. The molecule has 1 unspecified atom stereocenters. The first-order chi connectivity index (χ1) is 9.45. The highest BCUT2D eigenvalue weighted by atomic mass is 32.2. The first-order valence-electron chi connectivity index (χ1n) is 6.56. The van der Waals surface area contributed by atoms with Gasteiger partial charge in [0.2, 0.25) is 0 Å². The van der Waals surface area contributed by atoms with Gasteiger partial charge in [-0.05, 0) is 43.2 Å². The molecule has 0 saturated heterocycles. The lowest BCUT2D eigenvalue weighted by atomic mass is 10.1. The smallest absolute Gasteiger partial charge is 0.175 e. The number of benzene rings is 2. The van der Waals surface area contributed by atoms with E-state index in [0.29, 0.717) is 4.90 Å². The van der Waals surface area contributed by atoms with Crippen molar-refractivity contribution in [2.24, 2.45) is 0 Å². The van der Waals surface area contributed by atoms with Crippen molar-refractivity contribution >= 4 is 15.5 Å². The molecule has 0 amide bonds. The minimum atomic E-state index is -3.12. The fraction of sp³-hybridized carbons (Fsp3) is 0.250. The Balaban J connectivity index is 2.00. The van der Waals surface area contributed by atoms with Crippen LogP contribution >= 0.6 is 0 Å². The lowest BCUT2D eigenvalue weighted by molar-refractivity contribution is 0.602. The van der Waals surface area contributed by atoms with Gasteiger partial charge in [0.15, 0.2) is 9.84 Å². The van der Waals surface area contributed by atoms with Crippen molar-refractivity contribution in [3.05, 3.63) is 60.2 Å². The number of hydrogen-bond acceptors (Lipinski definition) is 3. The molecule has 0 bridgehead atoms. The van der Waals surface area contributed by atoms with E-state index in [0.717, 1.165) is 12.1 Å². The van der Waals surface area contributed by atoms with Crippen LogP contribution < -0.4 is 5.32 Å². The summed E-state index contributed by atoms with van der Waals surface area (Å²) in [4.78, 5) is 0.346. The van der Waals surface area contributed by atoms with E-state index >= 15 is 0 Å². The summed E-state index contributed by atoms with van der Waals surface area (Å²) in [6, 6.07) is 17.4. The van der Waals surface area contributed by atoms with Crippen LogP contribution in [-0.4, -0.2) is 20.7 Å². The van der Waals surface area contributed by atoms with E-state index < -0.39 is 9.84 Å². The van der Waals surface area contributed by atoms with Crippen LogP contribution in [0.2, 0.25) is 0 Å². The molecule has 0 aliphatic rings. The highest BCUT2D eigenvalue weighted by Crippen LogP contribution is 2.15. The summed E-state index contributed by atoms with van der Waals surface area (Å²) in [5.74, 6) is 0. The van der Waals surface area contributed by atoms with Crippen molar-refractivity contribution in [3.63, 3.8) is 0 Å². The van der Waals surface area contributed by atoms with Gasteiger partial charge in [-0.1, -0.05) is 30.3 Å².